The summed E-state index contributed by atoms with van der Waals surface area (Å²) in [6, 6.07) is 0. The van der Waals surface area contributed by atoms with Gasteiger partial charge in [0, 0.05) is 5.41 Å². The first-order valence-corrected chi connectivity index (χ1v) is 4.01. The van der Waals surface area contributed by atoms with Crippen LogP contribution < -0.4 is 17.2 Å². The minimum atomic E-state index is -0.171. The van der Waals surface area contributed by atoms with Gasteiger partial charge in [0.05, 0.1) is 0 Å². The van der Waals surface area contributed by atoms with Gasteiger partial charge < -0.3 is 17.2 Å². The molecule has 0 aliphatic carbocycles. The normalized spacial score (nSPS) is 11.6. The number of nitrogens with two attached hydrogens (primary N) is 3. The molecule has 1 rings (SSSR count). The Labute approximate surface area is 77.4 Å². The molecule has 6 N–H and O–H groups in total. The summed E-state index contributed by atoms with van der Waals surface area (Å²) in [6.45, 7) is 5.95. The molecule has 0 aliphatic rings. The molecule has 0 atom stereocenters. The van der Waals surface area contributed by atoms with Gasteiger partial charge in [0.25, 0.3) is 0 Å². The molecule has 13 heavy (non-hydrogen) atoms. The summed E-state index contributed by atoms with van der Waals surface area (Å²) in [5, 5.41) is 0. The van der Waals surface area contributed by atoms with Crippen LogP contribution in [-0.2, 0) is 5.41 Å². The van der Waals surface area contributed by atoms with E-state index >= 15 is 0 Å². The molecule has 0 unspecified atom stereocenters. The molecule has 5 nitrogen and oxygen atoms in total. The van der Waals surface area contributed by atoms with Crippen molar-refractivity contribution in [2.45, 2.75) is 26.2 Å². The molecular weight excluding hydrogens is 166 g/mol. The minimum absolute atomic E-state index is 0.171. The molecule has 0 saturated heterocycles. The Morgan fingerprint density at radius 3 is 1.62 bits per heavy atom. The van der Waals surface area contributed by atoms with E-state index in [1.807, 2.05) is 20.8 Å². The van der Waals surface area contributed by atoms with Crippen molar-refractivity contribution in [1.29, 1.82) is 0 Å². The summed E-state index contributed by atoms with van der Waals surface area (Å²) in [4.78, 5) is 8.13. The van der Waals surface area contributed by atoms with Gasteiger partial charge in [-0.25, -0.2) is 9.97 Å². The maximum absolute atomic E-state index is 5.56. The summed E-state index contributed by atoms with van der Waals surface area (Å²) in [5.74, 6) is 1.10. The zero-order chi connectivity index (χ0) is 10.2. The largest absolute Gasteiger partial charge is 0.393 e. The van der Waals surface area contributed by atoms with Crippen LogP contribution in [0.15, 0.2) is 0 Å². The average molecular weight is 181 g/mol. The third kappa shape index (κ3) is 1.80. The Kier molecular flexibility index (Phi) is 2.03. The highest BCUT2D eigenvalue weighted by atomic mass is 15.0. The molecule has 1 heterocycles. The fourth-order valence-electron chi connectivity index (χ4n) is 0.840. The third-order valence-corrected chi connectivity index (χ3v) is 1.68. The lowest BCUT2D eigenvalue weighted by Gasteiger charge is -2.17. The van der Waals surface area contributed by atoms with Gasteiger partial charge in [0.1, 0.15) is 11.5 Å². The van der Waals surface area contributed by atoms with Crippen LogP contribution in [0.5, 0.6) is 0 Å². The summed E-state index contributed by atoms with van der Waals surface area (Å²) in [5.41, 5.74) is 16.7. The predicted octanol–water partition coefficient (Wildman–Crippen LogP) is 0.521. The first-order chi connectivity index (χ1) is 5.82. The molecule has 1 aromatic heterocycles. The van der Waals surface area contributed by atoms with E-state index < -0.39 is 0 Å². The van der Waals surface area contributed by atoms with Crippen LogP contribution >= 0.6 is 0 Å². The Morgan fingerprint density at radius 2 is 1.31 bits per heavy atom. The number of aromatic nitrogens is 2. The molecule has 5 heteroatoms. The molecule has 0 saturated carbocycles. The van der Waals surface area contributed by atoms with E-state index in [0.29, 0.717) is 5.82 Å². The number of nitrogens with zero attached hydrogens (tertiary/aromatic N) is 2. The topological polar surface area (TPSA) is 104 Å². The lowest BCUT2D eigenvalue weighted by molar-refractivity contribution is 0.547. The van der Waals surface area contributed by atoms with E-state index in [-0.39, 0.29) is 22.7 Å². The van der Waals surface area contributed by atoms with Gasteiger partial charge in [-0.05, 0) is 0 Å². The van der Waals surface area contributed by atoms with Crippen LogP contribution in [0.3, 0.4) is 0 Å². The average Bonchev–Trinajstić information content (AvgIpc) is 1.97. The van der Waals surface area contributed by atoms with Gasteiger partial charge in [-0.3, -0.25) is 0 Å². The smallest absolute Gasteiger partial charge is 0.152 e. The summed E-state index contributed by atoms with van der Waals surface area (Å²) in [6.07, 6.45) is 0. The quantitative estimate of drug-likeness (QED) is 0.541. The van der Waals surface area contributed by atoms with E-state index in [9.17, 15) is 0 Å². The second kappa shape index (κ2) is 2.76. The zero-order valence-corrected chi connectivity index (χ0v) is 8.13. The molecule has 0 spiro atoms. The fraction of sp³-hybridized carbons (Fsp3) is 0.500. The van der Waals surface area contributed by atoms with Crippen molar-refractivity contribution in [2.24, 2.45) is 0 Å². The molecule has 0 radical (unpaired) electrons. The summed E-state index contributed by atoms with van der Waals surface area (Å²) in [7, 11) is 0. The van der Waals surface area contributed by atoms with Crippen LogP contribution in [0.4, 0.5) is 17.3 Å². The lowest BCUT2D eigenvalue weighted by Crippen LogP contribution is -2.19. The SMILES string of the molecule is CC(C)(C)c1nc(N)c(N)c(N)n1. The van der Waals surface area contributed by atoms with Crippen molar-refractivity contribution < 1.29 is 0 Å². The van der Waals surface area contributed by atoms with Gasteiger partial charge in [-0.15, -0.1) is 0 Å². The Hall–Kier alpha value is -1.52. The second-order valence-corrected chi connectivity index (χ2v) is 3.98. The van der Waals surface area contributed by atoms with E-state index in [1.54, 1.807) is 0 Å². The predicted molar refractivity (Wildman–Crippen MR) is 54.0 cm³/mol. The van der Waals surface area contributed by atoms with Crippen molar-refractivity contribution in [1.82, 2.24) is 9.97 Å². The highest BCUT2D eigenvalue weighted by molar-refractivity contribution is 5.70. The highest BCUT2D eigenvalue weighted by Crippen LogP contribution is 2.24. The van der Waals surface area contributed by atoms with Crippen molar-refractivity contribution in [3.63, 3.8) is 0 Å². The van der Waals surface area contributed by atoms with E-state index in [2.05, 4.69) is 9.97 Å². The Morgan fingerprint density at radius 1 is 0.923 bits per heavy atom. The monoisotopic (exact) mass is 181 g/mol. The number of anilines is 3. The Bertz CT molecular complexity index is 303. The van der Waals surface area contributed by atoms with Gasteiger partial charge in [0.15, 0.2) is 11.6 Å². The van der Waals surface area contributed by atoms with Crippen LogP contribution in [0.2, 0.25) is 0 Å². The van der Waals surface area contributed by atoms with Gasteiger partial charge in [-0.2, -0.15) is 0 Å². The number of rotatable bonds is 0. The number of hydrogen-bond acceptors (Lipinski definition) is 5. The van der Waals surface area contributed by atoms with Gasteiger partial charge in [0.2, 0.25) is 0 Å². The molecule has 0 fully saturated rings. The van der Waals surface area contributed by atoms with Crippen LogP contribution in [0, 0.1) is 0 Å². The maximum atomic E-state index is 5.56. The van der Waals surface area contributed by atoms with Crippen molar-refractivity contribution >= 4 is 17.3 Å². The minimum Gasteiger partial charge on any atom is -0.393 e. The lowest BCUT2D eigenvalue weighted by atomic mass is 9.96. The van der Waals surface area contributed by atoms with E-state index in [0.717, 1.165) is 0 Å². The molecule has 72 valence electrons. The number of hydrogen-bond donors (Lipinski definition) is 3. The molecule has 0 aromatic carbocycles. The van der Waals surface area contributed by atoms with Crippen LogP contribution in [-0.4, -0.2) is 9.97 Å². The first kappa shape index (κ1) is 9.57. The van der Waals surface area contributed by atoms with Crippen molar-refractivity contribution in [3.05, 3.63) is 5.82 Å². The van der Waals surface area contributed by atoms with Gasteiger partial charge in [-0.1, -0.05) is 20.8 Å². The number of nitrogen functional groups attached to an aromatic ring is 3. The van der Waals surface area contributed by atoms with Gasteiger partial charge >= 0.3 is 0 Å². The van der Waals surface area contributed by atoms with Crippen LogP contribution in [0.25, 0.3) is 0 Å². The van der Waals surface area contributed by atoms with Crippen LogP contribution in [0.1, 0.15) is 26.6 Å². The molecular formula is C8H15N5. The summed E-state index contributed by atoms with van der Waals surface area (Å²) >= 11 is 0. The molecule has 1 aromatic rings. The first-order valence-electron chi connectivity index (χ1n) is 4.01. The van der Waals surface area contributed by atoms with E-state index in [4.69, 9.17) is 17.2 Å². The third-order valence-electron chi connectivity index (χ3n) is 1.68. The maximum Gasteiger partial charge on any atom is 0.152 e. The fourth-order valence-corrected chi connectivity index (χ4v) is 0.840. The molecule has 0 aliphatic heterocycles. The molecule has 0 amide bonds. The van der Waals surface area contributed by atoms with Crippen molar-refractivity contribution in [2.75, 3.05) is 17.2 Å². The summed E-state index contributed by atoms with van der Waals surface area (Å²) < 4.78 is 0. The highest BCUT2D eigenvalue weighted by Gasteiger charge is 2.19. The van der Waals surface area contributed by atoms with E-state index in [1.165, 1.54) is 0 Å². The standard InChI is InChI=1S/C8H15N5/c1-8(2,3)7-12-5(10)4(9)6(11)13-7/h9H2,1-3H3,(H4,10,11,12,13). The zero-order valence-electron chi connectivity index (χ0n) is 8.13. The second-order valence-electron chi connectivity index (χ2n) is 3.98. The Balaban J connectivity index is 3.29. The van der Waals surface area contributed by atoms with Crippen molar-refractivity contribution in [3.8, 4) is 0 Å². The molecule has 0 bridgehead atoms.